The Bertz CT molecular complexity index is 758. The average Bonchev–Trinajstić information content (AvgIpc) is 2.56. The molecule has 0 saturated carbocycles. The Morgan fingerprint density at radius 3 is 2.87 bits per heavy atom. The molecular formula is C17H16N2O4. The Balaban J connectivity index is 1.61. The fourth-order valence-corrected chi connectivity index (χ4v) is 2.15. The van der Waals surface area contributed by atoms with Crippen molar-refractivity contribution in [2.75, 3.05) is 6.61 Å². The number of benzene rings is 2. The topological polar surface area (TPSA) is 80.2 Å². The Hall–Kier alpha value is -3.02. The molecule has 0 fully saturated rings. The predicted molar refractivity (Wildman–Crippen MR) is 84.9 cm³/mol. The van der Waals surface area contributed by atoms with Crippen molar-refractivity contribution >= 4 is 12.1 Å². The third-order valence-corrected chi connectivity index (χ3v) is 3.37. The molecule has 3 rings (SSSR count). The lowest BCUT2D eigenvalue weighted by molar-refractivity contribution is -0.130. The number of nitrogens with one attached hydrogen (secondary N) is 1. The molecule has 1 aliphatic heterocycles. The van der Waals surface area contributed by atoms with Crippen molar-refractivity contribution in [2.24, 2.45) is 5.10 Å². The van der Waals surface area contributed by atoms with E-state index in [4.69, 9.17) is 9.47 Å². The van der Waals surface area contributed by atoms with E-state index in [1.165, 1.54) is 6.21 Å². The summed E-state index contributed by atoms with van der Waals surface area (Å²) in [6.07, 6.45) is 0.610. The number of nitrogens with zero attached hydrogens (tertiary/aromatic N) is 1. The smallest absolute Gasteiger partial charge is 0.284 e. The molecule has 6 heteroatoms. The first kappa shape index (κ1) is 14.9. The number of carbonyl (C=O) groups is 1. The number of fused-ring (bicyclic) bond motifs is 1. The summed E-state index contributed by atoms with van der Waals surface area (Å²) in [5.74, 6) is 0.834. The Morgan fingerprint density at radius 1 is 1.30 bits per heavy atom. The highest BCUT2D eigenvalue weighted by molar-refractivity contribution is 5.86. The monoisotopic (exact) mass is 312 g/mol. The Labute approximate surface area is 133 Å². The molecule has 0 radical (unpaired) electrons. The van der Waals surface area contributed by atoms with Gasteiger partial charge in [0.05, 0.1) is 6.21 Å². The number of rotatable bonds is 3. The zero-order chi connectivity index (χ0) is 16.2. The van der Waals surface area contributed by atoms with Gasteiger partial charge in [-0.1, -0.05) is 18.2 Å². The van der Waals surface area contributed by atoms with Gasteiger partial charge in [-0.05, 0) is 36.8 Å². The van der Waals surface area contributed by atoms with Gasteiger partial charge in [0.2, 0.25) is 6.10 Å². The van der Waals surface area contributed by atoms with Gasteiger partial charge in [-0.25, -0.2) is 5.43 Å². The molecule has 2 aromatic carbocycles. The van der Waals surface area contributed by atoms with E-state index in [1.54, 1.807) is 30.3 Å². The molecule has 2 aromatic rings. The predicted octanol–water partition coefficient (Wildman–Crippen LogP) is 1.99. The van der Waals surface area contributed by atoms with E-state index in [2.05, 4.69) is 10.5 Å². The molecule has 1 amide bonds. The molecule has 1 unspecified atom stereocenters. The first-order valence-electron chi connectivity index (χ1n) is 7.14. The van der Waals surface area contributed by atoms with Gasteiger partial charge in [0, 0.05) is 5.56 Å². The Kier molecular flexibility index (Phi) is 4.14. The highest BCUT2D eigenvalue weighted by atomic mass is 16.6. The molecule has 0 aliphatic carbocycles. The van der Waals surface area contributed by atoms with Gasteiger partial charge in [-0.3, -0.25) is 4.79 Å². The third-order valence-electron chi connectivity index (χ3n) is 3.37. The summed E-state index contributed by atoms with van der Waals surface area (Å²) >= 11 is 0. The first-order chi connectivity index (χ1) is 11.1. The molecule has 1 aliphatic rings. The van der Waals surface area contributed by atoms with Gasteiger partial charge in [0.1, 0.15) is 12.4 Å². The van der Waals surface area contributed by atoms with Crippen molar-refractivity contribution in [3.05, 3.63) is 53.6 Å². The maximum Gasteiger partial charge on any atom is 0.284 e. The number of phenolic OH excluding ortho intramolecular Hbond substituents is 1. The Morgan fingerprint density at radius 2 is 2.09 bits per heavy atom. The maximum absolute atomic E-state index is 12.0. The lowest BCUT2D eigenvalue weighted by atomic mass is 10.1. The van der Waals surface area contributed by atoms with E-state index in [0.29, 0.717) is 17.1 Å². The minimum Gasteiger partial charge on any atom is -0.507 e. The quantitative estimate of drug-likeness (QED) is 0.671. The van der Waals surface area contributed by atoms with E-state index in [-0.39, 0.29) is 12.4 Å². The standard InChI is InChI=1S/C17H16N2O4/c1-11-6-7-12(13(20)8-11)9-18-19-17(21)16-10-22-14-4-2-3-5-15(14)23-16/h2-9,16,20H,10H2,1H3,(H,19,21). The average molecular weight is 312 g/mol. The van der Waals surface area contributed by atoms with Crippen LogP contribution in [-0.2, 0) is 4.79 Å². The van der Waals surface area contributed by atoms with Crippen LogP contribution in [0.1, 0.15) is 11.1 Å². The van der Waals surface area contributed by atoms with Crippen LogP contribution in [0.2, 0.25) is 0 Å². The summed E-state index contributed by atoms with van der Waals surface area (Å²) in [4.78, 5) is 12.0. The van der Waals surface area contributed by atoms with Crippen molar-refractivity contribution < 1.29 is 19.4 Å². The largest absolute Gasteiger partial charge is 0.507 e. The second-order valence-electron chi connectivity index (χ2n) is 5.16. The summed E-state index contributed by atoms with van der Waals surface area (Å²) in [6.45, 7) is 1.99. The van der Waals surface area contributed by atoms with Crippen LogP contribution in [0, 0.1) is 6.92 Å². The minimum atomic E-state index is -0.770. The summed E-state index contributed by atoms with van der Waals surface area (Å²) in [5.41, 5.74) is 3.84. The van der Waals surface area contributed by atoms with Crippen LogP contribution in [0.3, 0.4) is 0 Å². The van der Waals surface area contributed by atoms with E-state index < -0.39 is 12.0 Å². The van der Waals surface area contributed by atoms with Crippen LogP contribution < -0.4 is 14.9 Å². The normalized spacial score (nSPS) is 16.3. The molecule has 2 N–H and O–H groups in total. The van der Waals surface area contributed by atoms with Gasteiger partial charge < -0.3 is 14.6 Å². The molecular weight excluding hydrogens is 296 g/mol. The van der Waals surface area contributed by atoms with Crippen molar-refractivity contribution in [1.29, 1.82) is 0 Å². The number of carbonyl (C=O) groups excluding carboxylic acids is 1. The fourth-order valence-electron chi connectivity index (χ4n) is 2.15. The van der Waals surface area contributed by atoms with E-state index in [0.717, 1.165) is 5.56 Å². The van der Waals surface area contributed by atoms with Crippen LogP contribution in [0.25, 0.3) is 0 Å². The highest BCUT2D eigenvalue weighted by Crippen LogP contribution is 2.30. The number of aryl methyl sites for hydroxylation is 1. The molecule has 6 nitrogen and oxygen atoms in total. The lowest BCUT2D eigenvalue weighted by Gasteiger charge is -2.24. The van der Waals surface area contributed by atoms with Crippen LogP contribution >= 0.6 is 0 Å². The van der Waals surface area contributed by atoms with Crippen LogP contribution in [0.15, 0.2) is 47.6 Å². The molecule has 1 heterocycles. The fraction of sp³-hybridized carbons (Fsp3) is 0.176. The third kappa shape index (κ3) is 3.42. The maximum atomic E-state index is 12.0. The highest BCUT2D eigenvalue weighted by Gasteiger charge is 2.26. The van der Waals surface area contributed by atoms with Crippen molar-refractivity contribution in [2.45, 2.75) is 13.0 Å². The van der Waals surface area contributed by atoms with Crippen molar-refractivity contribution in [3.8, 4) is 17.2 Å². The zero-order valence-electron chi connectivity index (χ0n) is 12.5. The second kappa shape index (κ2) is 6.39. The zero-order valence-corrected chi connectivity index (χ0v) is 12.5. The van der Waals surface area contributed by atoms with Crippen LogP contribution in [-0.4, -0.2) is 29.9 Å². The summed E-state index contributed by atoms with van der Waals surface area (Å²) in [5, 5.41) is 13.6. The molecule has 0 saturated heterocycles. The molecule has 1 atom stereocenters. The van der Waals surface area contributed by atoms with Crippen LogP contribution in [0.5, 0.6) is 17.2 Å². The molecule has 0 spiro atoms. The minimum absolute atomic E-state index is 0.106. The SMILES string of the molecule is Cc1ccc(C=NNC(=O)C2COc3ccccc3O2)c(O)c1. The van der Waals surface area contributed by atoms with Gasteiger partial charge in [-0.2, -0.15) is 5.10 Å². The number of amides is 1. The molecule has 23 heavy (non-hydrogen) atoms. The van der Waals surface area contributed by atoms with Gasteiger partial charge in [0.15, 0.2) is 11.5 Å². The lowest BCUT2D eigenvalue weighted by Crippen LogP contribution is -2.42. The van der Waals surface area contributed by atoms with Gasteiger partial charge >= 0.3 is 0 Å². The molecule has 118 valence electrons. The molecule has 0 aromatic heterocycles. The summed E-state index contributed by atoms with van der Waals surface area (Å²) in [7, 11) is 0. The number of phenols is 1. The number of aromatic hydroxyl groups is 1. The number of hydrogen-bond acceptors (Lipinski definition) is 5. The van der Waals surface area contributed by atoms with Crippen molar-refractivity contribution in [1.82, 2.24) is 5.43 Å². The number of hydrazone groups is 1. The summed E-state index contributed by atoms with van der Waals surface area (Å²) < 4.78 is 11.1. The molecule has 0 bridgehead atoms. The second-order valence-corrected chi connectivity index (χ2v) is 5.16. The van der Waals surface area contributed by atoms with Gasteiger partial charge in [0.25, 0.3) is 5.91 Å². The van der Waals surface area contributed by atoms with Gasteiger partial charge in [-0.15, -0.1) is 0 Å². The van der Waals surface area contributed by atoms with Crippen molar-refractivity contribution in [3.63, 3.8) is 0 Å². The van der Waals surface area contributed by atoms with Crippen LogP contribution in [0.4, 0.5) is 0 Å². The van der Waals surface area contributed by atoms with E-state index >= 15 is 0 Å². The number of para-hydroxylation sites is 2. The first-order valence-corrected chi connectivity index (χ1v) is 7.14. The van der Waals surface area contributed by atoms with E-state index in [1.807, 2.05) is 19.1 Å². The number of ether oxygens (including phenoxy) is 2. The summed E-state index contributed by atoms with van der Waals surface area (Å²) in [6, 6.07) is 12.3. The number of hydrogen-bond donors (Lipinski definition) is 2. The van der Waals surface area contributed by atoms with E-state index in [9.17, 15) is 9.90 Å².